The molecule has 0 radical (unpaired) electrons. The lowest BCUT2D eigenvalue weighted by Crippen LogP contribution is -2.38. The first-order valence-electron chi connectivity index (χ1n) is 11.1. The molecule has 1 aromatic heterocycles. The van der Waals surface area contributed by atoms with E-state index in [1.165, 1.54) is 0 Å². The van der Waals surface area contributed by atoms with Gasteiger partial charge in [-0.05, 0) is 55.3 Å². The van der Waals surface area contributed by atoms with Crippen LogP contribution < -0.4 is 5.56 Å². The minimum atomic E-state index is -0.387. The van der Waals surface area contributed by atoms with Gasteiger partial charge in [-0.3, -0.25) is 14.2 Å². The number of nitrogens with zero attached hydrogens (tertiary/aromatic N) is 3. The fourth-order valence-corrected chi connectivity index (χ4v) is 4.30. The number of para-hydroxylation sites is 1. The van der Waals surface area contributed by atoms with E-state index in [1.54, 1.807) is 15.5 Å². The Labute approximate surface area is 201 Å². The van der Waals surface area contributed by atoms with Crippen molar-refractivity contribution in [2.24, 2.45) is 0 Å². The van der Waals surface area contributed by atoms with Gasteiger partial charge in [0.25, 0.3) is 11.5 Å². The third-order valence-corrected chi connectivity index (χ3v) is 6.26. The van der Waals surface area contributed by atoms with Crippen LogP contribution in [0.4, 0.5) is 0 Å². The predicted octanol–water partition coefficient (Wildman–Crippen LogP) is 5.82. The molecule has 0 fully saturated rings. The maximum Gasteiger partial charge on any atom is 0.261 e. The summed E-state index contributed by atoms with van der Waals surface area (Å²) in [6.07, 6.45) is 0.795. The molecule has 5 nitrogen and oxygen atoms in total. The van der Waals surface area contributed by atoms with Crippen LogP contribution in [0.3, 0.4) is 0 Å². The molecule has 33 heavy (non-hydrogen) atoms. The molecule has 168 valence electrons. The fourth-order valence-electron chi connectivity index (χ4n) is 4.03. The number of aromatic nitrogens is 2. The number of rotatable bonds is 7. The van der Waals surface area contributed by atoms with E-state index in [2.05, 4.69) is 15.9 Å². The molecule has 4 aromatic rings. The van der Waals surface area contributed by atoms with Crippen molar-refractivity contribution in [1.29, 1.82) is 0 Å². The molecule has 3 aromatic carbocycles. The lowest BCUT2D eigenvalue weighted by molar-refractivity contribution is 0.0679. The lowest BCUT2D eigenvalue weighted by atomic mass is 10.1. The summed E-state index contributed by atoms with van der Waals surface area (Å²) in [5.74, 6) is 0.506. The van der Waals surface area contributed by atoms with Crippen molar-refractivity contribution in [3.8, 4) is 0 Å². The van der Waals surface area contributed by atoms with Gasteiger partial charge in [-0.2, -0.15) is 0 Å². The molecule has 1 heterocycles. The van der Waals surface area contributed by atoms with Gasteiger partial charge in [-0.1, -0.05) is 65.3 Å². The van der Waals surface area contributed by atoms with Crippen molar-refractivity contribution >= 4 is 32.7 Å². The normalized spacial score (nSPS) is 12.0. The van der Waals surface area contributed by atoms with Crippen molar-refractivity contribution in [1.82, 2.24) is 14.5 Å². The van der Waals surface area contributed by atoms with E-state index in [-0.39, 0.29) is 17.5 Å². The van der Waals surface area contributed by atoms with Crippen molar-refractivity contribution in [3.05, 3.63) is 111 Å². The number of amides is 1. The quantitative estimate of drug-likeness (QED) is 0.319. The Morgan fingerprint density at radius 1 is 1.00 bits per heavy atom. The average Bonchev–Trinajstić information content (AvgIpc) is 2.84. The second-order valence-corrected chi connectivity index (χ2v) is 8.96. The molecular formula is C27H26BrN3O2. The number of carbonyl (C=O) groups excluding carboxylic acids is 1. The zero-order valence-electron chi connectivity index (χ0n) is 18.7. The highest BCUT2D eigenvalue weighted by atomic mass is 79.9. The Bertz CT molecular complexity index is 1320. The van der Waals surface area contributed by atoms with Crippen LogP contribution >= 0.6 is 15.9 Å². The first kappa shape index (κ1) is 22.9. The van der Waals surface area contributed by atoms with Crippen LogP contribution in [-0.2, 0) is 6.54 Å². The largest absolute Gasteiger partial charge is 0.329 e. The first-order valence-corrected chi connectivity index (χ1v) is 11.9. The van der Waals surface area contributed by atoms with Gasteiger partial charge in [0.2, 0.25) is 0 Å². The molecule has 0 aliphatic rings. The number of hydrogen-bond acceptors (Lipinski definition) is 3. The zero-order valence-corrected chi connectivity index (χ0v) is 20.3. The van der Waals surface area contributed by atoms with Crippen molar-refractivity contribution < 1.29 is 4.79 Å². The molecule has 4 rings (SSSR count). The number of fused-ring (bicyclic) bond motifs is 1. The van der Waals surface area contributed by atoms with Gasteiger partial charge >= 0.3 is 0 Å². The van der Waals surface area contributed by atoms with E-state index in [4.69, 9.17) is 4.98 Å². The second kappa shape index (κ2) is 10.1. The van der Waals surface area contributed by atoms with Crippen LogP contribution in [-0.4, -0.2) is 26.9 Å². The number of halogens is 1. The Hall–Kier alpha value is -3.25. The van der Waals surface area contributed by atoms with Gasteiger partial charge in [0.1, 0.15) is 5.82 Å². The van der Waals surface area contributed by atoms with Crippen molar-refractivity contribution in [2.45, 2.75) is 32.9 Å². The summed E-state index contributed by atoms with van der Waals surface area (Å²) in [5, 5.41) is 0.575. The minimum absolute atomic E-state index is 0.0782. The summed E-state index contributed by atoms with van der Waals surface area (Å²) in [6.45, 7) is 4.94. The summed E-state index contributed by atoms with van der Waals surface area (Å²) in [5.41, 5.74) is 2.16. The molecule has 0 aliphatic carbocycles. The smallest absolute Gasteiger partial charge is 0.261 e. The van der Waals surface area contributed by atoms with Crippen molar-refractivity contribution in [2.75, 3.05) is 6.54 Å². The molecule has 1 unspecified atom stereocenters. The number of hydrogen-bond donors (Lipinski definition) is 0. The maximum atomic E-state index is 13.5. The van der Waals surface area contributed by atoms with Crippen LogP contribution in [0.5, 0.6) is 0 Å². The minimum Gasteiger partial charge on any atom is -0.329 e. The molecule has 1 atom stereocenters. The summed E-state index contributed by atoms with van der Waals surface area (Å²) < 4.78 is 2.63. The van der Waals surface area contributed by atoms with E-state index < -0.39 is 0 Å². The third-order valence-electron chi connectivity index (χ3n) is 5.73. The van der Waals surface area contributed by atoms with Gasteiger partial charge in [0, 0.05) is 16.6 Å². The van der Waals surface area contributed by atoms with Gasteiger partial charge in [0.15, 0.2) is 0 Å². The molecule has 0 aliphatic heterocycles. The van der Waals surface area contributed by atoms with E-state index in [1.807, 2.05) is 86.6 Å². The Balaban J connectivity index is 1.83. The summed E-state index contributed by atoms with van der Waals surface area (Å²) >= 11 is 3.43. The fraction of sp³-hybridized carbons (Fsp3) is 0.222. The van der Waals surface area contributed by atoms with Crippen molar-refractivity contribution in [3.63, 3.8) is 0 Å². The van der Waals surface area contributed by atoms with Gasteiger partial charge in [0.05, 0.1) is 23.5 Å². The van der Waals surface area contributed by atoms with E-state index in [0.29, 0.717) is 35.4 Å². The Morgan fingerprint density at radius 3 is 2.36 bits per heavy atom. The summed E-state index contributed by atoms with van der Waals surface area (Å²) in [7, 11) is 0. The van der Waals surface area contributed by atoms with E-state index in [0.717, 1.165) is 16.5 Å². The molecule has 0 saturated carbocycles. The van der Waals surface area contributed by atoms with E-state index >= 15 is 0 Å². The highest BCUT2D eigenvalue weighted by Crippen LogP contribution is 2.24. The SMILES string of the molecule is CCCN(C(=O)c1ccc(Br)cc1)C(C)c1nc2ccccc2c(=O)n1Cc1ccccc1. The third kappa shape index (κ3) is 4.91. The zero-order chi connectivity index (χ0) is 23.4. The topological polar surface area (TPSA) is 55.2 Å². The maximum absolute atomic E-state index is 13.5. The van der Waals surface area contributed by atoms with Crippen LogP contribution in [0.15, 0.2) is 88.1 Å². The highest BCUT2D eigenvalue weighted by Gasteiger charge is 2.26. The van der Waals surface area contributed by atoms with Crippen LogP contribution in [0, 0.1) is 0 Å². The van der Waals surface area contributed by atoms with Gasteiger partial charge in [-0.25, -0.2) is 4.98 Å². The molecular weight excluding hydrogens is 478 g/mol. The molecule has 0 N–H and O–H groups in total. The Morgan fingerprint density at radius 2 is 1.67 bits per heavy atom. The molecule has 0 spiro atoms. The van der Waals surface area contributed by atoms with Crippen LogP contribution in [0.25, 0.3) is 10.9 Å². The highest BCUT2D eigenvalue weighted by molar-refractivity contribution is 9.10. The summed E-state index contributed by atoms with van der Waals surface area (Å²) in [4.78, 5) is 33.7. The number of benzene rings is 3. The first-order chi connectivity index (χ1) is 16.0. The monoisotopic (exact) mass is 503 g/mol. The number of carbonyl (C=O) groups is 1. The molecule has 0 saturated heterocycles. The van der Waals surface area contributed by atoms with Gasteiger partial charge in [-0.15, -0.1) is 0 Å². The summed E-state index contributed by atoms with van der Waals surface area (Å²) in [6, 6.07) is 24.2. The molecule has 6 heteroatoms. The molecule has 1 amide bonds. The van der Waals surface area contributed by atoms with E-state index in [9.17, 15) is 9.59 Å². The standard InChI is InChI=1S/C27H26BrN3O2/c1-3-17-30(26(32)21-13-15-22(28)16-14-21)19(2)25-29-24-12-8-7-11-23(24)27(33)31(25)18-20-9-5-4-6-10-20/h4-16,19H,3,17-18H2,1-2H3. The molecule has 0 bridgehead atoms. The van der Waals surface area contributed by atoms with Gasteiger partial charge < -0.3 is 4.90 Å². The van der Waals surface area contributed by atoms with Crippen LogP contribution in [0.1, 0.15) is 48.1 Å². The lowest BCUT2D eigenvalue weighted by Gasteiger charge is -2.30. The predicted molar refractivity (Wildman–Crippen MR) is 135 cm³/mol. The average molecular weight is 504 g/mol. The van der Waals surface area contributed by atoms with Crippen LogP contribution in [0.2, 0.25) is 0 Å². The Kier molecular flexibility index (Phi) is 7.04. The second-order valence-electron chi connectivity index (χ2n) is 8.05.